The predicted molar refractivity (Wildman–Crippen MR) is 97.0 cm³/mol. The molecule has 2 N–H and O–H groups in total. The molecule has 1 aliphatic rings. The monoisotopic (exact) mass is 375 g/mol. The molecule has 0 spiro atoms. The fraction of sp³-hybridized carbons (Fsp3) is 0.316. The van der Waals surface area contributed by atoms with Crippen LogP contribution in [-0.4, -0.2) is 50.7 Å². The van der Waals surface area contributed by atoms with Gasteiger partial charge in [0.05, 0.1) is 40.2 Å². The third-order valence-corrected chi connectivity index (χ3v) is 4.54. The highest BCUT2D eigenvalue weighted by molar-refractivity contribution is 6.05. The average molecular weight is 375 g/mol. The number of carbonyl (C=O) groups is 1. The molecular weight excluding hydrogens is 354 g/mol. The second-order valence-electron chi connectivity index (χ2n) is 5.91. The van der Waals surface area contributed by atoms with E-state index >= 15 is 0 Å². The lowest BCUT2D eigenvalue weighted by Crippen LogP contribution is -2.59. The van der Waals surface area contributed by atoms with Crippen molar-refractivity contribution in [3.05, 3.63) is 35.9 Å². The van der Waals surface area contributed by atoms with Crippen molar-refractivity contribution in [2.45, 2.75) is 12.1 Å². The molecule has 2 atom stereocenters. The number of amides is 1. The summed E-state index contributed by atoms with van der Waals surface area (Å²) in [4.78, 5) is 13.8. The first-order valence-corrected chi connectivity index (χ1v) is 8.14. The second kappa shape index (κ2) is 7.24. The fourth-order valence-electron chi connectivity index (χ4n) is 3.19. The number of aliphatic hydroxyl groups excluding tert-OH is 1. The van der Waals surface area contributed by atoms with Gasteiger partial charge in [-0.2, -0.15) is 0 Å². The van der Waals surface area contributed by atoms with Crippen molar-refractivity contribution in [3.8, 4) is 28.7 Å². The van der Waals surface area contributed by atoms with Gasteiger partial charge in [-0.25, -0.2) is 0 Å². The molecule has 0 bridgehead atoms. The fourth-order valence-corrected chi connectivity index (χ4v) is 3.19. The van der Waals surface area contributed by atoms with Crippen LogP contribution in [0.2, 0.25) is 0 Å². The first-order chi connectivity index (χ1) is 13.0. The molecule has 0 saturated carbocycles. The van der Waals surface area contributed by atoms with Crippen molar-refractivity contribution in [1.82, 2.24) is 0 Å². The highest BCUT2D eigenvalue weighted by atomic mass is 16.5. The highest BCUT2D eigenvalue weighted by Crippen LogP contribution is 2.47. The van der Waals surface area contributed by atoms with E-state index in [1.807, 2.05) is 0 Å². The number of phenols is 1. The van der Waals surface area contributed by atoms with E-state index in [2.05, 4.69) is 0 Å². The molecule has 2 aromatic rings. The van der Waals surface area contributed by atoms with E-state index in [4.69, 9.17) is 18.9 Å². The molecule has 2 aromatic carbocycles. The number of nitrogens with zero attached hydrogens (tertiary/aromatic N) is 1. The van der Waals surface area contributed by atoms with Crippen LogP contribution in [0.4, 0.5) is 5.69 Å². The SMILES string of the molecule is COc1ccc([C@@H]2[C@H](O)C(=O)N2c2cc(OC)c(OC)c(OC)c2)cc1O. The molecule has 1 fully saturated rings. The quantitative estimate of drug-likeness (QED) is 0.744. The van der Waals surface area contributed by atoms with Crippen molar-refractivity contribution in [2.75, 3.05) is 33.3 Å². The summed E-state index contributed by atoms with van der Waals surface area (Å²) in [6.45, 7) is 0. The Bertz CT molecular complexity index is 842. The Labute approximate surface area is 156 Å². The van der Waals surface area contributed by atoms with Crippen molar-refractivity contribution in [2.24, 2.45) is 0 Å². The van der Waals surface area contributed by atoms with Crippen LogP contribution in [0.5, 0.6) is 28.7 Å². The van der Waals surface area contributed by atoms with Crippen LogP contribution in [-0.2, 0) is 4.79 Å². The van der Waals surface area contributed by atoms with Crippen LogP contribution in [0.3, 0.4) is 0 Å². The van der Waals surface area contributed by atoms with Gasteiger partial charge >= 0.3 is 0 Å². The van der Waals surface area contributed by atoms with Crippen LogP contribution in [0.1, 0.15) is 11.6 Å². The molecule has 1 aliphatic heterocycles. The average Bonchev–Trinajstić information content (AvgIpc) is 2.69. The van der Waals surface area contributed by atoms with Gasteiger partial charge in [0.25, 0.3) is 5.91 Å². The number of rotatable bonds is 6. The second-order valence-corrected chi connectivity index (χ2v) is 5.91. The minimum Gasteiger partial charge on any atom is -0.504 e. The summed E-state index contributed by atoms with van der Waals surface area (Å²) >= 11 is 0. The van der Waals surface area contributed by atoms with E-state index in [9.17, 15) is 15.0 Å². The van der Waals surface area contributed by atoms with E-state index in [1.54, 1.807) is 24.3 Å². The number of ether oxygens (including phenoxy) is 4. The molecule has 8 nitrogen and oxygen atoms in total. The topological polar surface area (TPSA) is 97.7 Å². The van der Waals surface area contributed by atoms with Crippen molar-refractivity contribution < 1.29 is 34.0 Å². The van der Waals surface area contributed by atoms with Crippen molar-refractivity contribution in [1.29, 1.82) is 0 Å². The molecule has 8 heteroatoms. The molecule has 1 heterocycles. The van der Waals surface area contributed by atoms with Gasteiger partial charge < -0.3 is 29.2 Å². The number of aromatic hydroxyl groups is 1. The van der Waals surface area contributed by atoms with Gasteiger partial charge in [0.2, 0.25) is 5.75 Å². The van der Waals surface area contributed by atoms with E-state index in [0.29, 0.717) is 34.2 Å². The van der Waals surface area contributed by atoms with Crippen LogP contribution in [0, 0.1) is 0 Å². The van der Waals surface area contributed by atoms with E-state index in [1.165, 1.54) is 39.4 Å². The zero-order valence-corrected chi connectivity index (χ0v) is 15.4. The smallest absolute Gasteiger partial charge is 0.259 e. The molecular formula is C19H21NO7. The number of benzene rings is 2. The summed E-state index contributed by atoms with van der Waals surface area (Å²) < 4.78 is 21.0. The number of anilines is 1. The van der Waals surface area contributed by atoms with Crippen LogP contribution in [0.25, 0.3) is 0 Å². The van der Waals surface area contributed by atoms with Gasteiger partial charge in [0.15, 0.2) is 29.1 Å². The van der Waals surface area contributed by atoms with Crippen LogP contribution < -0.4 is 23.8 Å². The zero-order valence-electron chi connectivity index (χ0n) is 15.4. The number of carbonyl (C=O) groups excluding carboxylic acids is 1. The number of methoxy groups -OCH3 is 4. The van der Waals surface area contributed by atoms with E-state index in [0.717, 1.165) is 0 Å². The molecule has 1 amide bonds. The number of hydrogen-bond donors (Lipinski definition) is 2. The molecule has 144 valence electrons. The molecule has 0 unspecified atom stereocenters. The minimum atomic E-state index is -1.23. The zero-order chi connectivity index (χ0) is 19.7. The first-order valence-electron chi connectivity index (χ1n) is 8.14. The Morgan fingerprint density at radius 2 is 1.48 bits per heavy atom. The Balaban J connectivity index is 2.05. The van der Waals surface area contributed by atoms with Gasteiger partial charge in [-0.3, -0.25) is 9.69 Å². The maximum absolute atomic E-state index is 12.4. The summed E-state index contributed by atoms with van der Waals surface area (Å²) in [5, 5.41) is 20.3. The van der Waals surface area contributed by atoms with E-state index < -0.39 is 18.1 Å². The van der Waals surface area contributed by atoms with Gasteiger partial charge in [-0.15, -0.1) is 0 Å². The maximum Gasteiger partial charge on any atom is 0.259 e. The maximum atomic E-state index is 12.4. The molecule has 0 aliphatic carbocycles. The van der Waals surface area contributed by atoms with Gasteiger partial charge in [-0.05, 0) is 17.7 Å². The third-order valence-electron chi connectivity index (χ3n) is 4.54. The largest absolute Gasteiger partial charge is 0.504 e. The first kappa shape index (κ1) is 18.7. The summed E-state index contributed by atoms with van der Waals surface area (Å²) in [7, 11) is 5.89. The number of aliphatic hydroxyl groups is 1. The summed E-state index contributed by atoms with van der Waals surface area (Å²) in [6, 6.07) is 7.31. The Hall–Kier alpha value is -3.13. The molecule has 0 radical (unpaired) electrons. The molecule has 0 aromatic heterocycles. The lowest BCUT2D eigenvalue weighted by atomic mass is 9.89. The van der Waals surface area contributed by atoms with Gasteiger partial charge in [0.1, 0.15) is 0 Å². The van der Waals surface area contributed by atoms with Crippen LogP contribution >= 0.6 is 0 Å². The predicted octanol–water partition coefficient (Wildman–Crippen LogP) is 1.88. The lowest BCUT2D eigenvalue weighted by Gasteiger charge is -2.44. The van der Waals surface area contributed by atoms with Gasteiger partial charge in [0, 0.05) is 12.1 Å². The summed E-state index contributed by atoms with van der Waals surface area (Å²) in [6.07, 6.45) is -1.23. The molecule has 27 heavy (non-hydrogen) atoms. The third kappa shape index (κ3) is 2.97. The number of hydrogen-bond acceptors (Lipinski definition) is 7. The Morgan fingerprint density at radius 3 is 1.96 bits per heavy atom. The normalized spacial score (nSPS) is 18.7. The van der Waals surface area contributed by atoms with E-state index in [-0.39, 0.29) is 5.75 Å². The molecule has 3 rings (SSSR count). The summed E-state index contributed by atoms with van der Waals surface area (Å²) in [5.74, 6) is 0.930. The Morgan fingerprint density at radius 1 is 0.889 bits per heavy atom. The summed E-state index contributed by atoms with van der Waals surface area (Å²) in [5.41, 5.74) is 1.04. The highest BCUT2D eigenvalue weighted by Gasteiger charge is 2.48. The van der Waals surface area contributed by atoms with Crippen LogP contribution in [0.15, 0.2) is 30.3 Å². The number of β-lactam (4-membered cyclic amide) rings is 1. The van der Waals surface area contributed by atoms with Crippen molar-refractivity contribution >= 4 is 11.6 Å². The van der Waals surface area contributed by atoms with Gasteiger partial charge in [-0.1, -0.05) is 6.07 Å². The Kier molecular flexibility index (Phi) is 5.00. The molecule has 1 saturated heterocycles. The lowest BCUT2D eigenvalue weighted by molar-refractivity contribution is -0.137. The standard InChI is InChI=1S/C19H21NO7/c1-24-13-6-5-10(7-12(13)21)16-17(22)19(23)20(16)11-8-14(25-2)18(27-4)15(9-11)26-3/h5-9,16-17,21-22H,1-4H3/t16-,17+/m1/s1. The number of phenolic OH excluding ortho intramolecular Hbond substituents is 1. The van der Waals surface area contributed by atoms with Crippen molar-refractivity contribution in [3.63, 3.8) is 0 Å². The minimum absolute atomic E-state index is 0.0774.